The standard InChI is InChI=1S/C24H42ClN7O4S/c1-12-4-14(15-6-21(25)27-9-19(15)36-3)16(8-26-12)22(33)30-24-29-18-10-32(11-20(18)37-24)23(34)17-5-13(35-2)7-28-31-17/h12-21,24,26-29,31H,4-11H2,1-3H3,(H,30,33). The van der Waals surface area contributed by atoms with E-state index in [1.54, 1.807) is 26.0 Å². The molecule has 11 unspecified atom stereocenters. The van der Waals surface area contributed by atoms with Gasteiger partial charge in [0.2, 0.25) is 11.8 Å². The molecule has 11 nitrogen and oxygen atoms in total. The normalized spacial score (nSPS) is 44.4. The van der Waals surface area contributed by atoms with Gasteiger partial charge in [-0.05, 0) is 31.6 Å². The lowest BCUT2D eigenvalue weighted by Crippen LogP contribution is -2.59. The number of hydrazine groups is 1. The van der Waals surface area contributed by atoms with E-state index in [0.29, 0.717) is 45.2 Å². The van der Waals surface area contributed by atoms with Crippen LogP contribution in [-0.2, 0) is 19.1 Å². The smallest absolute Gasteiger partial charge is 0.241 e. The summed E-state index contributed by atoms with van der Waals surface area (Å²) in [5, 5.41) is 13.9. The van der Waals surface area contributed by atoms with Crippen LogP contribution in [0, 0.1) is 17.8 Å². The Labute approximate surface area is 228 Å². The zero-order valence-electron chi connectivity index (χ0n) is 21.9. The van der Waals surface area contributed by atoms with Gasteiger partial charge >= 0.3 is 0 Å². The molecule has 0 aliphatic carbocycles. The number of ether oxygens (including phenoxy) is 2. The molecule has 0 bridgehead atoms. The van der Waals surface area contributed by atoms with Gasteiger partial charge in [-0.3, -0.25) is 25.6 Å². The fourth-order valence-corrected chi connectivity index (χ4v) is 8.41. The van der Waals surface area contributed by atoms with Crippen LogP contribution in [0.5, 0.6) is 0 Å². The Morgan fingerprint density at radius 3 is 2.62 bits per heavy atom. The molecule has 5 heterocycles. The van der Waals surface area contributed by atoms with Crippen LogP contribution in [-0.4, -0.2) is 110 Å². The number of thioether (sulfide) groups is 1. The molecule has 0 saturated carbocycles. The van der Waals surface area contributed by atoms with Gasteiger partial charge in [-0.1, -0.05) is 0 Å². The highest BCUT2D eigenvalue weighted by Crippen LogP contribution is 2.38. The second-order valence-electron chi connectivity index (χ2n) is 11.1. The number of hydrogen-bond acceptors (Lipinski definition) is 10. The Morgan fingerprint density at radius 2 is 1.86 bits per heavy atom. The van der Waals surface area contributed by atoms with Crippen molar-refractivity contribution in [2.24, 2.45) is 17.8 Å². The lowest BCUT2D eigenvalue weighted by molar-refractivity contribution is -0.135. The highest BCUT2D eigenvalue weighted by molar-refractivity contribution is 8.00. The molecule has 0 aromatic carbocycles. The molecule has 6 N–H and O–H groups in total. The SMILES string of the molecule is COC1CNNC(C(=O)N2CC3NC(NC(=O)C4CNC(C)CC4C4CC(Cl)NCC4OC)SC3C2)C1. The topological polar surface area (TPSA) is 128 Å². The average molecular weight is 560 g/mol. The minimum atomic E-state index is -0.283. The number of nitrogens with one attached hydrogen (secondary N) is 6. The van der Waals surface area contributed by atoms with E-state index in [4.69, 9.17) is 21.1 Å². The number of carbonyl (C=O) groups is 2. The van der Waals surface area contributed by atoms with Gasteiger partial charge in [0, 0.05) is 70.7 Å². The Morgan fingerprint density at radius 1 is 1.03 bits per heavy atom. The first kappa shape index (κ1) is 27.9. The molecule has 0 spiro atoms. The van der Waals surface area contributed by atoms with E-state index in [1.165, 1.54) is 0 Å². The number of nitrogens with zero attached hydrogens (tertiary/aromatic N) is 1. The Bertz CT molecular complexity index is 816. The largest absolute Gasteiger partial charge is 0.380 e. The fraction of sp³-hybridized carbons (Fsp3) is 0.917. The molecule has 13 heteroatoms. The molecule has 5 aliphatic heterocycles. The van der Waals surface area contributed by atoms with Crippen LogP contribution in [0.15, 0.2) is 0 Å². The molecular formula is C24H42ClN7O4S. The van der Waals surface area contributed by atoms with Crippen molar-refractivity contribution in [3.05, 3.63) is 0 Å². The first-order chi connectivity index (χ1) is 17.9. The summed E-state index contributed by atoms with van der Waals surface area (Å²) in [6, 6.07) is 0.230. The zero-order valence-corrected chi connectivity index (χ0v) is 23.4. The van der Waals surface area contributed by atoms with Gasteiger partial charge < -0.3 is 25.0 Å². The molecule has 0 radical (unpaired) electrons. The minimum absolute atomic E-state index is 0.0323. The Hall–Kier alpha value is -0.700. The summed E-state index contributed by atoms with van der Waals surface area (Å²) < 4.78 is 11.2. The Balaban J connectivity index is 1.15. The van der Waals surface area contributed by atoms with Crippen molar-refractivity contribution < 1.29 is 19.1 Å². The number of amides is 2. The molecule has 2 amide bonds. The third-order valence-electron chi connectivity index (χ3n) is 8.78. The first-order valence-electron chi connectivity index (χ1n) is 13.5. The van der Waals surface area contributed by atoms with E-state index in [0.717, 1.165) is 12.8 Å². The van der Waals surface area contributed by atoms with Crippen molar-refractivity contribution >= 4 is 35.2 Å². The predicted octanol–water partition coefficient (Wildman–Crippen LogP) is -1.01. The molecule has 11 atom stereocenters. The maximum atomic E-state index is 13.6. The highest BCUT2D eigenvalue weighted by atomic mass is 35.5. The van der Waals surface area contributed by atoms with Crippen molar-refractivity contribution in [3.63, 3.8) is 0 Å². The van der Waals surface area contributed by atoms with Gasteiger partial charge in [0.05, 0.1) is 23.6 Å². The van der Waals surface area contributed by atoms with Crippen LogP contribution in [0.2, 0.25) is 0 Å². The third-order valence-corrected chi connectivity index (χ3v) is 10.5. The van der Waals surface area contributed by atoms with Gasteiger partial charge in [-0.25, -0.2) is 5.43 Å². The first-order valence-corrected chi connectivity index (χ1v) is 14.9. The van der Waals surface area contributed by atoms with Crippen LogP contribution in [0.25, 0.3) is 0 Å². The highest BCUT2D eigenvalue weighted by Gasteiger charge is 2.47. The van der Waals surface area contributed by atoms with Crippen LogP contribution in [0.4, 0.5) is 0 Å². The van der Waals surface area contributed by atoms with E-state index in [2.05, 4.69) is 39.0 Å². The maximum absolute atomic E-state index is 13.6. The molecule has 37 heavy (non-hydrogen) atoms. The number of alkyl halides is 1. The summed E-state index contributed by atoms with van der Waals surface area (Å²) in [4.78, 5) is 28.6. The lowest BCUT2D eigenvalue weighted by Gasteiger charge is -2.45. The zero-order chi connectivity index (χ0) is 26.1. The van der Waals surface area contributed by atoms with Gasteiger partial charge in [-0.2, -0.15) is 0 Å². The molecule has 0 aromatic heterocycles. The summed E-state index contributed by atoms with van der Waals surface area (Å²) in [5.41, 5.74) is 5.93. The second kappa shape index (κ2) is 12.2. The summed E-state index contributed by atoms with van der Waals surface area (Å²) in [5.74, 6) is 0.475. The van der Waals surface area contributed by atoms with Gasteiger partial charge in [0.25, 0.3) is 0 Å². The predicted molar refractivity (Wildman–Crippen MR) is 143 cm³/mol. The van der Waals surface area contributed by atoms with Crippen molar-refractivity contribution in [3.8, 4) is 0 Å². The molecule has 5 fully saturated rings. The summed E-state index contributed by atoms with van der Waals surface area (Å²) in [6.45, 7) is 5.55. The number of methoxy groups -OCH3 is 2. The summed E-state index contributed by atoms with van der Waals surface area (Å²) >= 11 is 8.18. The molecule has 210 valence electrons. The van der Waals surface area contributed by atoms with Crippen LogP contribution >= 0.6 is 23.4 Å². The van der Waals surface area contributed by atoms with E-state index in [1.807, 2.05) is 4.90 Å². The number of piperidine rings is 2. The number of fused-ring (bicyclic) bond motifs is 1. The molecule has 5 saturated heterocycles. The number of carbonyl (C=O) groups excluding carboxylic acids is 2. The molecule has 5 rings (SSSR count). The maximum Gasteiger partial charge on any atom is 0.241 e. The fourth-order valence-electron chi connectivity index (χ4n) is 6.71. The second-order valence-corrected chi connectivity index (χ2v) is 13.0. The number of hydrogen-bond donors (Lipinski definition) is 6. The summed E-state index contributed by atoms with van der Waals surface area (Å²) in [7, 11) is 3.42. The van der Waals surface area contributed by atoms with E-state index < -0.39 is 0 Å². The van der Waals surface area contributed by atoms with E-state index in [-0.39, 0.29) is 70.1 Å². The average Bonchev–Trinajstić information content (AvgIpc) is 3.47. The number of halogens is 1. The molecule has 0 aromatic rings. The van der Waals surface area contributed by atoms with Crippen LogP contribution in [0.1, 0.15) is 26.2 Å². The van der Waals surface area contributed by atoms with Crippen molar-refractivity contribution in [2.75, 3.05) is 46.9 Å². The van der Waals surface area contributed by atoms with Crippen molar-refractivity contribution in [2.45, 2.75) is 72.8 Å². The number of rotatable bonds is 6. The van der Waals surface area contributed by atoms with E-state index in [9.17, 15) is 9.59 Å². The van der Waals surface area contributed by atoms with Crippen LogP contribution < -0.4 is 32.1 Å². The Kier molecular flexibility index (Phi) is 9.20. The van der Waals surface area contributed by atoms with Crippen LogP contribution in [0.3, 0.4) is 0 Å². The molecular weight excluding hydrogens is 518 g/mol. The number of likely N-dealkylation sites (tertiary alicyclic amines) is 1. The van der Waals surface area contributed by atoms with Gasteiger partial charge in [-0.15, -0.1) is 23.4 Å². The quantitative estimate of drug-likeness (QED) is 0.178. The summed E-state index contributed by atoms with van der Waals surface area (Å²) in [6.07, 6.45) is 2.46. The monoisotopic (exact) mass is 559 g/mol. The van der Waals surface area contributed by atoms with E-state index >= 15 is 0 Å². The molecule has 5 aliphatic rings. The minimum Gasteiger partial charge on any atom is -0.380 e. The van der Waals surface area contributed by atoms with Crippen molar-refractivity contribution in [1.29, 1.82) is 0 Å². The lowest BCUT2D eigenvalue weighted by atomic mass is 9.70. The van der Waals surface area contributed by atoms with Crippen molar-refractivity contribution in [1.82, 2.24) is 37.0 Å². The van der Waals surface area contributed by atoms with Gasteiger partial charge in [0.1, 0.15) is 11.5 Å². The van der Waals surface area contributed by atoms with Gasteiger partial charge in [0.15, 0.2) is 0 Å². The third kappa shape index (κ3) is 6.22.